The van der Waals surface area contributed by atoms with Crippen molar-refractivity contribution in [2.24, 2.45) is 5.73 Å². The van der Waals surface area contributed by atoms with Crippen LogP contribution in [-0.2, 0) is 12.0 Å². The standard InChI is InChI=1S/C9H15NS/c1-4-7-5-6-11-8(7)9(2,3)10/h5-6H,4,10H2,1-3H3. The maximum absolute atomic E-state index is 5.99. The first-order chi connectivity index (χ1) is 5.05. The first kappa shape index (κ1) is 8.75. The molecule has 0 aromatic carbocycles. The number of thiophene rings is 1. The van der Waals surface area contributed by atoms with Gasteiger partial charge in [-0.15, -0.1) is 11.3 Å². The third-order valence-corrected chi connectivity index (χ3v) is 3.01. The molecular formula is C9H15NS. The lowest BCUT2D eigenvalue weighted by atomic mass is 10.00. The van der Waals surface area contributed by atoms with Crippen molar-refractivity contribution in [3.05, 3.63) is 21.9 Å². The van der Waals surface area contributed by atoms with E-state index in [9.17, 15) is 0 Å². The molecule has 0 amide bonds. The summed E-state index contributed by atoms with van der Waals surface area (Å²) in [4.78, 5) is 1.32. The fraction of sp³-hybridized carbons (Fsp3) is 0.556. The van der Waals surface area contributed by atoms with Gasteiger partial charge in [-0.1, -0.05) is 6.92 Å². The summed E-state index contributed by atoms with van der Waals surface area (Å²) in [6.45, 7) is 6.27. The van der Waals surface area contributed by atoms with Crippen molar-refractivity contribution in [2.45, 2.75) is 32.7 Å². The summed E-state index contributed by atoms with van der Waals surface area (Å²) in [6.07, 6.45) is 1.08. The van der Waals surface area contributed by atoms with E-state index < -0.39 is 0 Å². The Morgan fingerprint density at radius 1 is 1.55 bits per heavy atom. The van der Waals surface area contributed by atoms with Gasteiger partial charge in [-0.3, -0.25) is 0 Å². The van der Waals surface area contributed by atoms with Crippen LogP contribution in [0.4, 0.5) is 0 Å². The highest BCUT2D eigenvalue weighted by atomic mass is 32.1. The molecule has 0 unspecified atom stereocenters. The van der Waals surface area contributed by atoms with Crippen LogP contribution in [0.1, 0.15) is 31.2 Å². The quantitative estimate of drug-likeness (QED) is 0.723. The average molecular weight is 169 g/mol. The van der Waals surface area contributed by atoms with Crippen LogP contribution in [0.25, 0.3) is 0 Å². The zero-order chi connectivity index (χ0) is 8.48. The number of hydrogen-bond acceptors (Lipinski definition) is 2. The molecule has 1 aromatic heterocycles. The zero-order valence-corrected chi connectivity index (χ0v) is 8.16. The lowest BCUT2D eigenvalue weighted by Crippen LogP contribution is -2.28. The predicted octanol–water partition coefficient (Wildman–Crippen LogP) is 2.50. The second-order valence-corrected chi connectivity index (χ2v) is 4.27. The highest BCUT2D eigenvalue weighted by Crippen LogP contribution is 2.27. The Kier molecular flexibility index (Phi) is 2.35. The number of hydrogen-bond donors (Lipinski definition) is 1. The van der Waals surface area contributed by atoms with Crippen molar-refractivity contribution in [1.29, 1.82) is 0 Å². The van der Waals surface area contributed by atoms with Crippen LogP contribution in [0.15, 0.2) is 11.4 Å². The summed E-state index contributed by atoms with van der Waals surface area (Å²) < 4.78 is 0. The fourth-order valence-corrected chi connectivity index (χ4v) is 2.22. The third kappa shape index (κ3) is 1.82. The Balaban J connectivity index is 3.02. The van der Waals surface area contributed by atoms with Crippen molar-refractivity contribution in [2.75, 3.05) is 0 Å². The minimum absolute atomic E-state index is 0.167. The molecule has 1 rings (SSSR count). The van der Waals surface area contributed by atoms with Crippen molar-refractivity contribution < 1.29 is 0 Å². The van der Waals surface area contributed by atoms with E-state index in [0.717, 1.165) is 6.42 Å². The van der Waals surface area contributed by atoms with Gasteiger partial charge < -0.3 is 5.73 Å². The second kappa shape index (κ2) is 2.95. The lowest BCUT2D eigenvalue weighted by Gasteiger charge is -2.18. The molecule has 0 atom stereocenters. The van der Waals surface area contributed by atoms with Gasteiger partial charge in [-0.05, 0) is 37.3 Å². The predicted molar refractivity (Wildman–Crippen MR) is 50.9 cm³/mol. The zero-order valence-electron chi connectivity index (χ0n) is 7.35. The molecule has 0 aliphatic carbocycles. The minimum atomic E-state index is -0.167. The van der Waals surface area contributed by atoms with Crippen molar-refractivity contribution in [1.82, 2.24) is 0 Å². The molecule has 0 saturated carbocycles. The average Bonchev–Trinajstić information content (AvgIpc) is 2.31. The smallest absolute Gasteiger partial charge is 0.0449 e. The Morgan fingerprint density at radius 2 is 2.18 bits per heavy atom. The third-order valence-electron chi connectivity index (χ3n) is 1.71. The lowest BCUT2D eigenvalue weighted by molar-refractivity contribution is 0.562. The monoisotopic (exact) mass is 169 g/mol. The first-order valence-electron chi connectivity index (χ1n) is 3.91. The first-order valence-corrected chi connectivity index (χ1v) is 4.79. The Morgan fingerprint density at radius 3 is 2.55 bits per heavy atom. The van der Waals surface area contributed by atoms with E-state index in [-0.39, 0.29) is 5.54 Å². The second-order valence-electron chi connectivity index (χ2n) is 3.35. The summed E-state index contributed by atoms with van der Waals surface area (Å²) in [7, 11) is 0. The van der Waals surface area contributed by atoms with Crippen LogP contribution in [0, 0.1) is 0 Å². The molecule has 0 spiro atoms. The van der Waals surface area contributed by atoms with Gasteiger partial charge in [0.1, 0.15) is 0 Å². The maximum atomic E-state index is 5.99. The molecule has 62 valence electrons. The highest BCUT2D eigenvalue weighted by molar-refractivity contribution is 7.10. The van der Waals surface area contributed by atoms with Crippen LogP contribution in [0.3, 0.4) is 0 Å². The number of aryl methyl sites for hydroxylation is 1. The number of rotatable bonds is 2. The molecule has 1 aromatic rings. The molecule has 0 fully saturated rings. The van der Waals surface area contributed by atoms with Crippen molar-refractivity contribution in [3.63, 3.8) is 0 Å². The SMILES string of the molecule is CCc1ccsc1C(C)(C)N. The molecule has 0 aliphatic heterocycles. The van der Waals surface area contributed by atoms with E-state index in [1.807, 2.05) is 0 Å². The van der Waals surface area contributed by atoms with E-state index >= 15 is 0 Å². The molecule has 1 nitrogen and oxygen atoms in total. The van der Waals surface area contributed by atoms with Gasteiger partial charge >= 0.3 is 0 Å². The topological polar surface area (TPSA) is 26.0 Å². The molecule has 0 bridgehead atoms. The molecular weight excluding hydrogens is 154 g/mol. The van der Waals surface area contributed by atoms with Crippen molar-refractivity contribution in [3.8, 4) is 0 Å². The highest BCUT2D eigenvalue weighted by Gasteiger charge is 2.18. The Bertz CT molecular complexity index is 232. The molecule has 11 heavy (non-hydrogen) atoms. The fourth-order valence-electron chi connectivity index (χ4n) is 1.18. The van der Waals surface area contributed by atoms with E-state index in [1.54, 1.807) is 11.3 Å². The van der Waals surface area contributed by atoms with E-state index in [0.29, 0.717) is 0 Å². The van der Waals surface area contributed by atoms with Gasteiger partial charge in [0.05, 0.1) is 0 Å². The van der Waals surface area contributed by atoms with Crippen LogP contribution in [0.5, 0.6) is 0 Å². The van der Waals surface area contributed by atoms with Crippen LogP contribution in [0.2, 0.25) is 0 Å². The Hall–Kier alpha value is -0.340. The molecule has 0 radical (unpaired) electrons. The van der Waals surface area contributed by atoms with Gasteiger partial charge in [-0.25, -0.2) is 0 Å². The molecule has 2 heteroatoms. The summed E-state index contributed by atoms with van der Waals surface area (Å²) in [5, 5.41) is 2.11. The largest absolute Gasteiger partial charge is 0.321 e. The van der Waals surface area contributed by atoms with E-state index in [1.165, 1.54) is 10.4 Å². The summed E-state index contributed by atoms with van der Waals surface area (Å²) in [5.41, 5.74) is 7.21. The summed E-state index contributed by atoms with van der Waals surface area (Å²) in [5.74, 6) is 0. The van der Waals surface area contributed by atoms with Crippen LogP contribution >= 0.6 is 11.3 Å². The Labute approximate surface area is 72.2 Å². The van der Waals surface area contributed by atoms with Crippen LogP contribution < -0.4 is 5.73 Å². The number of nitrogens with two attached hydrogens (primary N) is 1. The van der Waals surface area contributed by atoms with Gasteiger partial charge in [-0.2, -0.15) is 0 Å². The van der Waals surface area contributed by atoms with Gasteiger partial charge in [0.2, 0.25) is 0 Å². The molecule has 2 N–H and O–H groups in total. The normalized spacial score (nSPS) is 12.0. The van der Waals surface area contributed by atoms with Gasteiger partial charge in [0, 0.05) is 10.4 Å². The van der Waals surface area contributed by atoms with Crippen LogP contribution in [-0.4, -0.2) is 0 Å². The summed E-state index contributed by atoms with van der Waals surface area (Å²) >= 11 is 1.76. The van der Waals surface area contributed by atoms with Gasteiger partial charge in [0.25, 0.3) is 0 Å². The van der Waals surface area contributed by atoms with E-state index in [2.05, 4.69) is 32.2 Å². The molecule has 1 heterocycles. The maximum Gasteiger partial charge on any atom is 0.0449 e. The minimum Gasteiger partial charge on any atom is -0.321 e. The molecule has 0 saturated heterocycles. The van der Waals surface area contributed by atoms with Gasteiger partial charge in [0.15, 0.2) is 0 Å². The molecule has 0 aliphatic rings. The summed E-state index contributed by atoms with van der Waals surface area (Å²) in [6, 6.07) is 2.16. The van der Waals surface area contributed by atoms with Crippen molar-refractivity contribution >= 4 is 11.3 Å². The van der Waals surface area contributed by atoms with E-state index in [4.69, 9.17) is 5.73 Å².